The Kier molecular flexibility index (Phi) is 4.35. The average molecular weight is 267 g/mol. The monoisotopic (exact) mass is 267 g/mol. The van der Waals surface area contributed by atoms with Gasteiger partial charge >= 0.3 is 12.3 Å². The summed E-state index contributed by atoms with van der Waals surface area (Å²) >= 11 is 0. The molecule has 0 saturated carbocycles. The summed E-state index contributed by atoms with van der Waals surface area (Å²) in [5.74, 6) is -0.581. The molecule has 0 aliphatic heterocycles. The molecule has 1 amide bonds. The van der Waals surface area contributed by atoms with E-state index in [0.29, 0.717) is 0 Å². The van der Waals surface area contributed by atoms with E-state index in [9.17, 15) is 22.4 Å². The van der Waals surface area contributed by atoms with Crippen molar-refractivity contribution in [3.05, 3.63) is 24.0 Å². The van der Waals surface area contributed by atoms with Crippen LogP contribution in [0.1, 0.15) is 0 Å². The number of ether oxygens (including phenoxy) is 2. The van der Waals surface area contributed by atoms with Crippen molar-refractivity contribution in [2.45, 2.75) is 6.18 Å². The molecular weight excluding hydrogens is 258 g/mol. The van der Waals surface area contributed by atoms with E-state index in [1.807, 2.05) is 5.32 Å². The topological polar surface area (TPSA) is 47.6 Å². The summed E-state index contributed by atoms with van der Waals surface area (Å²) in [6.45, 7) is -1.75. The summed E-state index contributed by atoms with van der Waals surface area (Å²) in [6.07, 6.45) is -6.04. The molecular formula is C10H9F4NO3. The van der Waals surface area contributed by atoms with Gasteiger partial charge in [-0.1, -0.05) is 0 Å². The summed E-state index contributed by atoms with van der Waals surface area (Å²) in [5.41, 5.74) is -0.332. The molecule has 0 radical (unpaired) electrons. The highest BCUT2D eigenvalue weighted by Crippen LogP contribution is 2.21. The summed E-state index contributed by atoms with van der Waals surface area (Å²) in [5, 5.41) is 1.84. The highest BCUT2D eigenvalue weighted by atomic mass is 19.4. The number of hydrogen-bond acceptors (Lipinski definition) is 3. The van der Waals surface area contributed by atoms with Crippen LogP contribution >= 0.6 is 0 Å². The number of nitrogens with one attached hydrogen (secondary N) is 1. The van der Waals surface area contributed by atoms with Gasteiger partial charge in [-0.2, -0.15) is 13.2 Å². The number of alkyl halides is 3. The van der Waals surface area contributed by atoms with Crippen LogP contribution in [0.3, 0.4) is 0 Å². The Morgan fingerprint density at radius 2 is 2.06 bits per heavy atom. The molecule has 18 heavy (non-hydrogen) atoms. The van der Waals surface area contributed by atoms with Crippen molar-refractivity contribution in [3.8, 4) is 5.75 Å². The zero-order valence-corrected chi connectivity index (χ0v) is 9.18. The molecule has 8 heteroatoms. The quantitative estimate of drug-likeness (QED) is 0.856. The van der Waals surface area contributed by atoms with Gasteiger partial charge in [0, 0.05) is 6.07 Å². The van der Waals surface area contributed by atoms with Gasteiger partial charge in [0.25, 0.3) is 0 Å². The standard InChI is InChI=1S/C10H9F4NO3/c1-17-6-2-3-7(11)8(4-6)15-9(16)18-5-10(12,13)14/h2-4H,5H2,1H3,(H,15,16). The number of anilines is 1. The van der Waals surface area contributed by atoms with Crippen LogP contribution in [-0.2, 0) is 4.74 Å². The third kappa shape index (κ3) is 4.48. The molecule has 1 aromatic rings. The van der Waals surface area contributed by atoms with Crippen LogP contribution in [0.4, 0.5) is 28.0 Å². The van der Waals surface area contributed by atoms with Crippen molar-refractivity contribution < 1.29 is 31.8 Å². The minimum absolute atomic E-state index is 0.238. The Morgan fingerprint density at radius 1 is 1.39 bits per heavy atom. The number of carbonyl (C=O) groups is 1. The lowest BCUT2D eigenvalue weighted by atomic mass is 10.3. The molecule has 0 atom stereocenters. The van der Waals surface area contributed by atoms with E-state index < -0.39 is 24.7 Å². The van der Waals surface area contributed by atoms with Gasteiger partial charge in [-0.05, 0) is 12.1 Å². The first-order chi connectivity index (χ1) is 8.31. The van der Waals surface area contributed by atoms with Gasteiger partial charge in [0.05, 0.1) is 12.8 Å². The van der Waals surface area contributed by atoms with Crippen LogP contribution in [0, 0.1) is 5.82 Å². The Balaban J connectivity index is 2.64. The summed E-state index contributed by atoms with van der Waals surface area (Å²) < 4.78 is 57.1. The molecule has 0 aliphatic carbocycles. The van der Waals surface area contributed by atoms with Crippen molar-refractivity contribution in [1.82, 2.24) is 0 Å². The van der Waals surface area contributed by atoms with E-state index in [-0.39, 0.29) is 11.4 Å². The molecule has 1 aromatic carbocycles. The fourth-order valence-corrected chi connectivity index (χ4v) is 1.02. The second kappa shape index (κ2) is 5.56. The van der Waals surface area contributed by atoms with E-state index in [1.165, 1.54) is 13.2 Å². The van der Waals surface area contributed by atoms with Crippen LogP contribution in [0.25, 0.3) is 0 Å². The lowest BCUT2D eigenvalue weighted by molar-refractivity contribution is -0.159. The smallest absolute Gasteiger partial charge is 0.422 e. The van der Waals surface area contributed by atoms with Crippen molar-refractivity contribution in [3.63, 3.8) is 0 Å². The minimum Gasteiger partial charge on any atom is -0.497 e. The fourth-order valence-electron chi connectivity index (χ4n) is 1.02. The third-order valence-electron chi connectivity index (χ3n) is 1.78. The second-order valence-electron chi connectivity index (χ2n) is 3.16. The van der Waals surface area contributed by atoms with Crippen LogP contribution in [0.15, 0.2) is 18.2 Å². The number of methoxy groups -OCH3 is 1. The third-order valence-corrected chi connectivity index (χ3v) is 1.78. The highest BCUT2D eigenvalue weighted by molar-refractivity contribution is 5.85. The lowest BCUT2D eigenvalue weighted by Gasteiger charge is -2.10. The highest BCUT2D eigenvalue weighted by Gasteiger charge is 2.29. The normalized spacial score (nSPS) is 10.9. The van der Waals surface area contributed by atoms with Crippen LogP contribution < -0.4 is 10.1 Å². The van der Waals surface area contributed by atoms with Gasteiger partial charge in [0.2, 0.25) is 0 Å². The molecule has 0 unspecified atom stereocenters. The molecule has 0 aliphatic rings. The molecule has 0 saturated heterocycles. The number of hydrogen-bond donors (Lipinski definition) is 1. The van der Waals surface area contributed by atoms with Gasteiger partial charge in [0.1, 0.15) is 11.6 Å². The Labute approximate surface area is 99.5 Å². The maximum absolute atomic E-state index is 13.2. The molecule has 1 rings (SSSR count). The maximum atomic E-state index is 13.2. The summed E-state index contributed by atoms with van der Waals surface area (Å²) in [4.78, 5) is 11.0. The number of rotatable bonds is 3. The van der Waals surface area contributed by atoms with Crippen molar-refractivity contribution in [2.24, 2.45) is 0 Å². The zero-order valence-electron chi connectivity index (χ0n) is 9.18. The van der Waals surface area contributed by atoms with Gasteiger partial charge in [0.15, 0.2) is 6.61 Å². The second-order valence-corrected chi connectivity index (χ2v) is 3.16. The molecule has 1 N–H and O–H groups in total. The van der Waals surface area contributed by atoms with Gasteiger partial charge in [-0.15, -0.1) is 0 Å². The molecule has 0 fully saturated rings. The zero-order chi connectivity index (χ0) is 13.8. The van der Waals surface area contributed by atoms with Crippen LogP contribution in [-0.4, -0.2) is 26.0 Å². The molecule has 4 nitrogen and oxygen atoms in total. The van der Waals surface area contributed by atoms with Crippen LogP contribution in [0.5, 0.6) is 5.75 Å². The predicted octanol–water partition coefficient (Wildman–Crippen LogP) is 2.95. The SMILES string of the molecule is COc1ccc(F)c(NC(=O)OCC(F)(F)F)c1. The average Bonchev–Trinajstić information content (AvgIpc) is 2.28. The van der Waals surface area contributed by atoms with Crippen molar-refractivity contribution >= 4 is 11.8 Å². The molecule has 0 aromatic heterocycles. The van der Waals surface area contributed by atoms with Crippen molar-refractivity contribution in [1.29, 1.82) is 0 Å². The number of carbonyl (C=O) groups excluding carboxylic acids is 1. The summed E-state index contributed by atoms with van der Waals surface area (Å²) in [6, 6.07) is 3.41. The first kappa shape index (κ1) is 14.1. The Bertz CT molecular complexity index is 434. The number of halogens is 4. The van der Waals surface area contributed by atoms with E-state index in [4.69, 9.17) is 4.74 Å². The Hall–Kier alpha value is -1.99. The molecule has 0 bridgehead atoms. The summed E-state index contributed by atoms with van der Waals surface area (Å²) in [7, 11) is 1.32. The van der Waals surface area contributed by atoms with Crippen molar-refractivity contribution in [2.75, 3.05) is 19.0 Å². The molecule has 0 heterocycles. The van der Waals surface area contributed by atoms with E-state index in [0.717, 1.165) is 12.1 Å². The molecule has 0 spiro atoms. The van der Waals surface area contributed by atoms with E-state index in [2.05, 4.69) is 4.74 Å². The largest absolute Gasteiger partial charge is 0.497 e. The Morgan fingerprint density at radius 3 is 2.61 bits per heavy atom. The lowest BCUT2D eigenvalue weighted by Crippen LogP contribution is -2.23. The maximum Gasteiger partial charge on any atom is 0.422 e. The van der Waals surface area contributed by atoms with E-state index in [1.54, 1.807) is 0 Å². The van der Waals surface area contributed by atoms with Gasteiger partial charge in [-0.3, -0.25) is 5.32 Å². The van der Waals surface area contributed by atoms with E-state index >= 15 is 0 Å². The number of amides is 1. The first-order valence-corrected chi connectivity index (χ1v) is 4.66. The predicted molar refractivity (Wildman–Crippen MR) is 54.0 cm³/mol. The molecule has 100 valence electrons. The first-order valence-electron chi connectivity index (χ1n) is 4.66. The minimum atomic E-state index is -4.63. The van der Waals surface area contributed by atoms with Crippen LogP contribution in [0.2, 0.25) is 0 Å². The number of benzene rings is 1. The van der Waals surface area contributed by atoms with Gasteiger partial charge < -0.3 is 9.47 Å². The fraction of sp³-hybridized carbons (Fsp3) is 0.300. The van der Waals surface area contributed by atoms with Gasteiger partial charge in [-0.25, -0.2) is 9.18 Å².